The quantitative estimate of drug-likeness (QED) is 0.789. The van der Waals surface area contributed by atoms with E-state index in [1.54, 1.807) is 0 Å². The normalized spacial score (nSPS) is 27.8. The summed E-state index contributed by atoms with van der Waals surface area (Å²) < 4.78 is 0. The van der Waals surface area contributed by atoms with Crippen molar-refractivity contribution >= 4 is 0 Å². The molecule has 1 aliphatic rings. The number of nitrogens with one attached hydrogen (secondary N) is 1. The van der Waals surface area contributed by atoms with Crippen LogP contribution in [0.25, 0.3) is 0 Å². The van der Waals surface area contributed by atoms with E-state index in [9.17, 15) is 0 Å². The zero-order chi connectivity index (χ0) is 13.6. The topological polar surface area (TPSA) is 39.1 Å². The molecule has 3 nitrogen and oxygen atoms in total. The molecule has 0 aromatic rings. The van der Waals surface area contributed by atoms with Gasteiger partial charge in [-0.1, -0.05) is 13.3 Å². The molecule has 0 aromatic heterocycles. The Labute approximate surface area is 113 Å². The minimum Gasteiger partial charge on any atom is -0.303 e. The fourth-order valence-corrected chi connectivity index (χ4v) is 2.81. The molecule has 1 unspecified atom stereocenters. The Bertz CT molecular complexity index is 276. The number of hydrogen-bond donors (Lipinski definition) is 1. The molecule has 1 aliphatic carbocycles. The van der Waals surface area contributed by atoms with Gasteiger partial charge in [-0.05, 0) is 59.0 Å². The maximum atomic E-state index is 9.14. The van der Waals surface area contributed by atoms with Crippen molar-refractivity contribution in [3.8, 4) is 6.07 Å². The molecule has 0 aliphatic heterocycles. The van der Waals surface area contributed by atoms with Crippen LogP contribution in [-0.2, 0) is 0 Å². The molecule has 1 rings (SSSR count). The zero-order valence-electron chi connectivity index (χ0n) is 12.5. The molecule has 0 amide bonds. The van der Waals surface area contributed by atoms with Crippen molar-refractivity contribution in [1.82, 2.24) is 10.2 Å². The molecular weight excluding hydrogens is 222 g/mol. The first kappa shape index (κ1) is 15.5. The predicted molar refractivity (Wildman–Crippen MR) is 76.4 cm³/mol. The third-order valence-electron chi connectivity index (χ3n) is 4.78. The van der Waals surface area contributed by atoms with Gasteiger partial charge in [0.15, 0.2) is 0 Å². The van der Waals surface area contributed by atoms with E-state index in [2.05, 4.69) is 30.3 Å². The highest BCUT2D eigenvalue weighted by Gasteiger charge is 2.26. The van der Waals surface area contributed by atoms with Gasteiger partial charge in [-0.3, -0.25) is 0 Å². The number of hydrogen-bond acceptors (Lipinski definition) is 3. The van der Waals surface area contributed by atoms with Gasteiger partial charge in [-0.2, -0.15) is 5.26 Å². The predicted octanol–water partition coefficient (Wildman–Crippen LogP) is 2.78. The summed E-state index contributed by atoms with van der Waals surface area (Å²) in [5.41, 5.74) is -0.380. The van der Waals surface area contributed by atoms with Crippen LogP contribution < -0.4 is 5.32 Å². The van der Waals surface area contributed by atoms with Crippen LogP contribution in [0.2, 0.25) is 0 Å². The molecule has 0 heterocycles. The van der Waals surface area contributed by atoms with E-state index in [1.165, 1.54) is 32.1 Å². The summed E-state index contributed by atoms with van der Waals surface area (Å²) in [6, 6.07) is 3.09. The monoisotopic (exact) mass is 251 g/mol. The highest BCUT2D eigenvalue weighted by atomic mass is 15.1. The lowest BCUT2D eigenvalue weighted by atomic mass is 9.84. The van der Waals surface area contributed by atoms with Gasteiger partial charge in [-0.15, -0.1) is 0 Å². The van der Waals surface area contributed by atoms with Gasteiger partial charge in [0, 0.05) is 12.6 Å². The highest BCUT2D eigenvalue weighted by Crippen LogP contribution is 2.29. The summed E-state index contributed by atoms with van der Waals surface area (Å²) in [5, 5.41) is 12.3. The lowest BCUT2D eigenvalue weighted by Crippen LogP contribution is -2.43. The Kier molecular flexibility index (Phi) is 6.11. The summed E-state index contributed by atoms with van der Waals surface area (Å²) >= 11 is 0. The van der Waals surface area contributed by atoms with E-state index in [1.807, 2.05) is 14.0 Å². The summed E-state index contributed by atoms with van der Waals surface area (Å²) in [5.74, 6) is 0.955. The molecule has 0 bridgehead atoms. The van der Waals surface area contributed by atoms with Crippen LogP contribution in [0.3, 0.4) is 0 Å². The Morgan fingerprint density at radius 1 is 1.33 bits per heavy atom. The number of rotatable bonds is 6. The van der Waals surface area contributed by atoms with Crippen LogP contribution in [0.4, 0.5) is 0 Å². The zero-order valence-corrected chi connectivity index (χ0v) is 12.5. The third-order valence-corrected chi connectivity index (χ3v) is 4.78. The molecular formula is C15H29N3. The van der Waals surface area contributed by atoms with Crippen molar-refractivity contribution in [3.63, 3.8) is 0 Å². The average Bonchev–Trinajstić information content (AvgIpc) is 2.44. The molecule has 104 valence electrons. The Morgan fingerprint density at radius 3 is 2.39 bits per heavy atom. The van der Waals surface area contributed by atoms with Crippen LogP contribution in [0.1, 0.15) is 52.4 Å². The Morgan fingerprint density at radius 2 is 1.94 bits per heavy atom. The van der Waals surface area contributed by atoms with Crippen LogP contribution in [0, 0.1) is 17.2 Å². The number of nitriles is 1. The van der Waals surface area contributed by atoms with Crippen molar-refractivity contribution in [3.05, 3.63) is 0 Å². The van der Waals surface area contributed by atoms with Gasteiger partial charge in [0.2, 0.25) is 0 Å². The highest BCUT2D eigenvalue weighted by molar-refractivity contribution is 5.03. The maximum absolute atomic E-state index is 9.14. The molecule has 3 heteroatoms. The molecule has 0 radical (unpaired) electrons. The van der Waals surface area contributed by atoms with Crippen LogP contribution in [0.15, 0.2) is 0 Å². The second-order valence-corrected chi connectivity index (χ2v) is 6.01. The lowest BCUT2D eigenvalue weighted by molar-refractivity contribution is 0.155. The molecule has 1 fully saturated rings. The van der Waals surface area contributed by atoms with E-state index >= 15 is 0 Å². The van der Waals surface area contributed by atoms with Crippen molar-refractivity contribution in [2.75, 3.05) is 20.6 Å². The third kappa shape index (κ3) is 4.26. The molecule has 18 heavy (non-hydrogen) atoms. The Hall–Kier alpha value is -0.590. The van der Waals surface area contributed by atoms with Gasteiger partial charge in [0.25, 0.3) is 0 Å². The van der Waals surface area contributed by atoms with Gasteiger partial charge in [0.1, 0.15) is 5.54 Å². The minimum atomic E-state index is -0.380. The molecule has 0 spiro atoms. The summed E-state index contributed by atoms with van der Waals surface area (Å²) in [6.45, 7) is 5.29. The van der Waals surface area contributed by atoms with Crippen LogP contribution >= 0.6 is 0 Å². The molecule has 0 aromatic carbocycles. The second-order valence-electron chi connectivity index (χ2n) is 6.01. The standard InChI is InChI=1S/C15H29N3/c1-5-13-6-8-14(9-7-13)18(4)11-10-15(2,12-16)17-3/h13-14,17H,5-11H2,1-4H3. The fraction of sp³-hybridized carbons (Fsp3) is 0.933. The lowest BCUT2D eigenvalue weighted by Gasteiger charge is -2.35. The van der Waals surface area contributed by atoms with E-state index in [-0.39, 0.29) is 5.54 Å². The molecule has 0 saturated heterocycles. The molecule has 1 N–H and O–H groups in total. The first-order valence-electron chi connectivity index (χ1n) is 7.35. The van der Waals surface area contributed by atoms with Crippen LogP contribution in [-0.4, -0.2) is 37.1 Å². The van der Waals surface area contributed by atoms with Crippen molar-refractivity contribution < 1.29 is 0 Å². The van der Waals surface area contributed by atoms with Crippen LogP contribution in [0.5, 0.6) is 0 Å². The first-order chi connectivity index (χ1) is 8.54. The van der Waals surface area contributed by atoms with Crippen molar-refractivity contribution in [2.45, 2.75) is 64.0 Å². The fourth-order valence-electron chi connectivity index (χ4n) is 2.81. The van der Waals surface area contributed by atoms with Gasteiger partial charge in [-0.25, -0.2) is 0 Å². The van der Waals surface area contributed by atoms with E-state index in [4.69, 9.17) is 5.26 Å². The van der Waals surface area contributed by atoms with Crippen molar-refractivity contribution in [1.29, 1.82) is 5.26 Å². The summed E-state index contributed by atoms with van der Waals surface area (Å²) in [7, 11) is 4.08. The summed E-state index contributed by atoms with van der Waals surface area (Å²) in [4.78, 5) is 2.46. The van der Waals surface area contributed by atoms with Gasteiger partial charge < -0.3 is 10.2 Å². The second kappa shape index (κ2) is 7.11. The largest absolute Gasteiger partial charge is 0.303 e. The summed E-state index contributed by atoms with van der Waals surface area (Å²) in [6.07, 6.45) is 7.66. The van der Waals surface area contributed by atoms with Crippen molar-refractivity contribution in [2.24, 2.45) is 5.92 Å². The minimum absolute atomic E-state index is 0.380. The SMILES string of the molecule is CCC1CCC(N(C)CCC(C)(C#N)NC)CC1. The number of nitrogens with zero attached hydrogens (tertiary/aromatic N) is 2. The Balaban J connectivity index is 2.34. The van der Waals surface area contributed by atoms with E-state index in [0.717, 1.165) is 24.9 Å². The maximum Gasteiger partial charge on any atom is 0.104 e. The average molecular weight is 251 g/mol. The van der Waals surface area contributed by atoms with Gasteiger partial charge in [0.05, 0.1) is 6.07 Å². The molecule has 1 atom stereocenters. The van der Waals surface area contributed by atoms with E-state index < -0.39 is 0 Å². The first-order valence-corrected chi connectivity index (χ1v) is 7.35. The smallest absolute Gasteiger partial charge is 0.104 e. The van der Waals surface area contributed by atoms with E-state index in [0.29, 0.717) is 0 Å². The van der Waals surface area contributed by atoms with Gasteiger partial charge >= 0.3 is 0 Å². The molecule has 1 saturated carbocycles.